The number of carboxylic acid groups (broad SMARTS) is 1. The third-order valence-corrected chi connectivity index (χ3v) is 2.17. The number of rotatable bonds is 4. The summed E-state index contributed by atoms with van der Waals surface area (Å²) in [5.41, 5.74) is 0.422. The SMILES string of the molecule is O=C(O)c1ccc(Nc2ccc(OC(F)(F)F)cc2)o1. The van der Waals surface area contributed by atoms with Gasteiger partial charge in [0.1, 0.15) is 5.75 Å². The van der Waals surface area contributed by atoms with Crippen LogP contribution in [0.15, 0.2) is 40.8 Å². The summed E-state index contributed by atoms with van der Waals surface area (Å²) in [5.74, 6) is -1.66. The molecule has 0 aliphatic rings. The molecule has 0 unspecified atom stereocenters. The molecule has 8 heteroatoms. The normalized spacial score (nSPS) is 11.2. The van der Waals surface area contributed by atoms with Crippen molar-refractivity contribution in [1.29, 1.82) is 0 Å². The van der Waals surface area contributed by atoms with Crippen molar-refractivity contribution in [3.63, 3.8) is 0 Å². The van der Waals surface area contributed by atoms with Gasteiger partial charge >= 0.3 is 12.3 Å². The smallest absolute Gasteiger partial charge is 0.475 e. The lowest BCUT2D eigenvalue weighted by Gasteiger charge is -2.09. The fourth-order valence-corrected chi connectivity index (χ4v) is 1.40. The van der Waals surface area contributed by atoms with Crippen molar-refractivity contribution in [3.05, 3.63) is 42.2 Å². The molecule has 0 aliphatic heterocycles. The Morgan fingerprint density at radius 2 is 1.80 bits per heavy atom. The maximum absolute atomic E-state index is 12.0. The minimum Gasteiger partial charge on any atom is -0.475 e. The van der Waals surface area contributed by atoms with Gasteiger partial charge in [-0.3, -0.25) is 0 Å². The second-order valence-corrected chi connectivity index (χ2v) is 3.67. The van der Waals surface area contributed by atoms with Crippen molar-refractivity contribution < 1.29 is 32.2 Å². The monoisotopic (exact) mass is 287 g/mol. The number of anilines is 2. The first-order valence-electron chi connectivity index (χ1n) is 5.29. The first-order valence-corrected chi connectivity index (χ1v) is 5.29. The largest absolute Gasteiger partial charge is 0.573 e. The summed E-state index contributed by atoms with van der Waals surface area (Å²) >= 11 is 0. The number of nitrogens with one attached hydrogen (secondary N) is 1. The highest BCUT2D eigenvalue weighted by molar-refractivity contribution is 5.85. The zero-order valence-electron chi connectivity index (χ0n) is 9.77. The molecule has 0 spiro atoms. The number of halogens is 3. The van der Waals surface area contributed by atoms with Crippen molar-refractivity contribution in [2.24, 2.45) is 0 Å². The molecule has 1 heterocycles. The zero-order chi connectivity index (χ0) is 14.8. The Morgan fingerprint density at radius 3 is 2.30 bits per heavy atom. The van der Waals surface area contributed by atoms with E-state index in [2.05, 4.69) is 10.1 Å². The Labute approximate surface area is 110 Å². The van der Waals surface area contributed by atoms with Gasteiger partial charge in [0, 0.05) is 11.8 Å². The van der Waals surface area contributed by atoms with Gasteiger partial charge in [-0.25, -0.2) is 4.79 Å². The van der Waals surface area contributed by atoms with Crippen LogP contribution in [0.4, 0.5) is 24.7 Å². The molecule has 2 rings (SSSR count). The average Bonchev–Trinajstić information content (AvgIpc) is 2.78. The molecule has 0 saturated heterocycles. The Kier molecular flexibility index (Phi) is 3.55. The van der Waals surface area contributed by atoms with Crippen LogP contribution in [-0.2, 0) is 0 Å². The molecule has 1 aromatic carbocycles. The molecule has 0 fully saturated rings. The summed E-state index contributed by atoms with van der Waals surface area (Å²) in [7, 11) is 0. The Hall–Kier alpha value is -2.64. The predicted molar refractivity (Wildman–Crippen MR) is 62.1 cm³/mol. The highest BCUT2D eigenvalue weighted by atomic mass is 19.4. The van der Waals surface area contributed by atoms with E-state index in [0.717, 1.165) is 12.1 Å². The molecule has 0 bridgehead atoms. The number of carboxylic acids is 1. The van der Waals surface area contributed by atoms with Gasteiger partial charge in [-0.1, -0.05) is 0 Å². The van der Waals surface area contributed by atoms with Crippen LogP contribution in [0.25, 0.3) is 0 Å². The lowest BCUT2D eigenvalue weighted by Crippen LogP contribution is -2.16. The van der Waals surface area contributed by atoms with E-state index < -0.39 is 12.3 Å². The fraction of sp³-hybridized carbons (Fsp3) is 0.0833. The minimum atomic E-state index is -4.74. The Balaban J connectivity index is 2.04. The van der Waals surface area contributed by atoms with Gasteiger partial charge in [-0.15, -0.1) is 13.2 Å². The first-order chi connectivity index (χ1) is 9.33. The maximum Gasteiger partial charge on any atom is 0.573 e. The Bertz CT molecular complexity index is 604. The van der Waals surface area contributed by atoms with Crippen LogP contribution in [0.2, 0.25) is 0 Å². The molecule has 5 nitrogen and oxygen atoms in total. The molecule has 1 aromatic heterocycles. The number of furan rings is 1. The summed E-state index contributed by atoms with van der Waals surface area (Å²) in [6.45, 7) is 0. The molecule has 106 valence electrons. The second kappa shape index (κ2) is 5.16. The maximum atomic E-state index is 12.0. The molecular formula is C12H8F3NO4. The second-order valence-electron chi connectivity index (χ2n) is 3.67. The molecule has 0 amide bonds. The molecule has 0 saturated carbocycles. The third kappa shape index (κ3) is 3.67. The fourth-order valence-electron chi connectivity index (χ4n) is 1.40. The number of carbonyl (C=O) groups is 1. The number of alkyl halides is 3. The minimum absolute atomic E-state index is 0.159. The molecule has 0 aliphatic carbocycles. The van der Waals surface area contributed by atoms with Gasteiger partial charge < -0.3 is 19.6 Å². The van der Waals surface area contributed by atoms with Gasteiger partial charge in [0.2, 0.25) is 5.76 Å². The quantitative estimate of drug-likeness (QED) is 0.898. The number of benzene rings is 1. The number of ether oxygens (including phenoxy) is 1. The van der Waals surface area contributed by atoms with Crippen molar-refractivity contribution in [1.82, 2.24) is 0 Å². The predicted octanol–water partition coefficient (Wildman–Crippen LogP) is 3.62. The highest BCUT2D eigenvalue weighted by Gasteiger charge is 2.30. The molecule has 0 radical (unpaired) electrons. The summed E-state index contributed by atoms with van der Waals surface area (Å²) in [5, 5.41) is 11.4. The summed E-state index contributed by atoms with van der Waals surface area (Å²) < 4.78 is 44.5. The van der Waals surface area contributed by atoms with Gasteiger partial charge in [-0.05, 0) is 30.3 Å². The van der Waals surface area contributed by atoms with Crippen LogP contribution in [0.5, 0.6) is 5.75 Å². The van der Waals surface area contributed by atoms with E-state index in [9.17, 15) is 18.0 Å². The Morgan fingerprint density at radius 1 is 1.15 bits per heavy atom. The highest BCUT2D eigenvalue weighted by Crippen LogP contribution is 2.25. The van der Waals surface area contributed by atoms with Crippen LogP contribution < -0.4 is 10.1 Å². The van der Waals surface area contributed by atoms with E-state index in [1.54, 1.807) is 0 Å². The van der Waals surface area contributed by atoms with Crippen LogP contribution in [0, 0.1) is 0 Å². The molecule has 2 aromatic rings. The van der Waals surface area contributed by atoms with Gasteiger partial charge in [0.05, 0.1) is 0 Å². The number of hydrogen-bond acceptors (Lipinski definition) is 4. The van der Waals surface area contributed by atoms with Crippen molar-refractivity contribution in [3.8, 4) is 5.75 Å². The van der Waals surface area contributed by atoms with E-state index in [0.29, 0.717) is 5.69 Å². The van der Waals surface area contributed by atoms with E-state index in [1.165, 1.54) is 24.3 Å². The van der Waals surface area contributed by atoms with Crippen LogP contribution in [0.3, 0.4) is 0 Å². The van der Waals surface area contributed by atoms with Gasteiger partial charge in [0.15, 0.2) is 5.88 Å². The molecule has 2 N–H and O–H groups in total. The topological polar surface area (TPSA) is 71.7 Å². The molecule has 20 heavy (non-hydrogen) atoms. The summed E-state index contributed by atoms with van der Waals surface area (Å²) in [6.07, 6.45) is -4.74. The van der Waals surface area contributed by atoms with Crippen molar-refractivity contribution >= 4 is 17.5 Å². The molecular weight excluding hydrogens is 279 g/mol. The first kappa shape index (κ1) is 13.8. The van der Waals surface area contributed by atoms with Gasteiger partial charge in [-0.2, -0.15) is 0 Å². The zero-order valence-corrected chi connectivity index (χ0v) is 9.77. The van der Waals surface area contributed by atoms with E-state index in [-0.39, 0.29) is 17.4 Å². The van der Waals surface area contributed by atoms with E-state index in [4.69, 9.17) is 9.52 Å². The number of aromatic carboxylic acids is 1. The lowest BCUT2D eigenvalue weighted by molar-refractivity contribution is -0.274. The van der Waals surface area contributed by atoms with Crippen LogP contribution >= 0.6 is 0 Å². The van der Waals surface area contributed by atoms with Gasteiger partial charge in [0.25, 0.3) is 0 Å². The third-order valence-electron chi connectivity index (χ3n) is 2.17. The van der Waals surface area contributed by atoms with E-state index >= 15 is 0 Å². The summed E-state index contributed by atoms with van der Waals surface area (Å²) in [6, 6.07) is 7.57. The summed E-state index contributed by atoms with van der Waals surface area (Å²) in [4.78, 5) is 10.6. The van der Waals surface area contributed by atoms with Crippen molar-refractivity contribution in [2.45, 2.75) is 6.36 Å². The van der Waals surface area contributed by atoms with Crippen LogP contribution in [-0.4, -0.2) is 17.4 Å². The molecule has 0 atom stereocenters. The number of hydrogen-bond donors (Lipinski definition) is 2. The van der Waals surface area contributed by atoms with Crippen molar-refractivity contribution in [2.75, 3.05) is 5.32 Å². The standard InChI is InChI=1S/C12H8F3NO4/c13-12(14,15)20-8-3-1-7(2-4-8)16-10-6-5-9(19-10)11(17)18/h1-6,16H,(H,17,18). The average molecular weight is 287 g/mol. The van der Waals surface area contributed by atoms with Crippen LogP contribution in [0.1, 0.15) is 10.6 Å². The lowest BCUT2D eigenvalue weighted by atomic mass is 10.3. The van der Waals surface area contributed by atoms with E-state index in [1.807, 2.05) is 0 Å².